The molecule has 1 atom stereocenters. The number of aliphatic hydroxyl groups excluding tert-OH is 1. The normalized spacial score (nSPS) is 30.3. The quantitative estimate of drug-likeness (QED) is 0.695. The van der Waals surface area contributed by atoms with Crippen LogP contribution in [0.1, 0.15) is 66.2 Å². The van der Waals surface area contributed by atoms with E-state index in [2.05, 4.69) is 33.0 Å². The van der Waals surface area contributed by atoms with Gasteiger partial charge in [0, 0.05) is 24.7 Å². The molecule has 0 bridgehead atoms. The third-order valence-corrected chi connectivity index (χ3v) is 5.04. The van der Waals surface area contributed by atoms with E-state index >= 15 is 0 Å². The molecule has 1 saturated carbocycles. The summed E-state index contributed by atoms with van der Waals surface area (Å²) in [6.45, 7) is 10.2. The van der Waals surface area contributed by atoms with Gasteiger partial charge in [-0.2, -0.15) is 0 Å². The van der Waals surface area contributed by atoms with Crippen molar-refractivity contribution < 1.29 is 5.11 Å². The molecule has 0 aromatic carbocycles. The van der Waals surface area contributed by atoms with Gasteiger partial charge in [-0.1, -0.05) is 27.7 Å². The molecule has 1 aliphatic carbocycles. The van der Waals surface area contributed by atoms with Gasteiger partial charge in [-0.15, -0.1) is 0 Å². The first-order valence-electron chi connectivity index (χ1n) is 7.95. The van der Waals surface area contributed by atoms with E-state index in [9.17, 15) is 0 Å². The van der Waals surface area contributed by atoms with Crippen molar-refractivity contribution in [1.82, 2.24) is 5.32 Å². The van der Waals surface area contributed by atoms with E-state index in [-0.39, 0.29) is 12.1 Å². The molecule has 3 heteroatoms. The summed E-state index contributed by atoms with van der Waals surface area (Å²) in [6, 6.07) is 0.403. The van der Waals surface area contributed by atoms with E-state index < -0.39 is 0 Å². The number of aliphatic hydroxyl groups is 1. The Kier molecular flexibility index (Phi) is 6.28. The van der Waals surface area contributed by atoms with E-state index in [1.165, 1.54) is 25.7 Å². The molecular formula is C16H34N2O. The van der Waals surface area contributed by atoms with Crippen LogP contribution in [0, 0.1) is 11.3 Å². The summed E-state index contributed by atoms with van der Waals surface area (Å²) in [5.41, 5.74) is 6.59. The Balaban J connectivity index is 2.59. The lowest BCUT2D eigenvalue weighted by atomic mass is 9.67. The molecule has 4 N–H and O–H groups in total. The second kappa shape index (κ2) is 7.05. The third kappa shape index (κ3) is 4.73. The fourth-order valence-electron chi connectivity index (χ4n) is 3.41. The van der Waals surface area contributed by atoms with Gasteiger partial charge in [-0.3, -0.25) is 0 Å². The minimum absolute atomic E-state index is 0.109. The van der Waals surface area contributed by atoms with Gasteiger partial charge in [0.25, 0.3) is 0 Å². The van der Waals surface area contributed by atoms with Gasteiger partial charge >= 0.3 is 0 Å². The Morgan fingerprint density at radius 2 is 1.89 bits per heavy atom. The molecular weight excluding hydrogens is 236 g/mol. The largest absolute Gasteiger partial charge is 0.396 e. The van der Waals surface area contributed by atoms with Crippen molar-refractivity contribution >= 4 is 0 Å². The van der Waals surface area contributed by atoms with Crippen LogP contribution in [0.25, 0.3) is 0 Å². The Hall–Kier alpha value is -0.120. The molecule has 1 rings (SSSR count). The Morgan fingerprint density at radius 3 is 2.26 bits per heavy atom. The fraction of sp³-hybridized carbons (Fsp3) is 1.00. The maximum atomic E-state index is 9.13. The first-order chi connectivity index (χ1) is 8.87. The van der Waals surface area contributed by atoms with Gasteiger partial charge in [-0.25, -0.2) is 0 Å². The number of rotatable bonds is 6. The van der Waals surface area contributed by atoms with Crippen molar-refractivity contribution in [2.24, 2.45) is 17.1 Å². The van der Waals surface area contributed by atoms with Crippen molar-refractivity contribution in [3.63, 3.8) is 0 Å². The van der Waals surface area contributed by atoms with Crippen LogP contribution in [-0.4, -0.2) is 29.8 Å². The molecule has 1 unspecified atom stereocenters. The van der Waals surface area contributed by atoms with Gasteiger partial charge in [0.1, 0.15) is 0 Å². The van der Waals surface area contributed by atoms with Gasteiger partial charge in [0.05, 0.1) is 0 Å². The SMILES string of the molecule is CCC(CCO)NC1(CN)CCC(C(C)(C)C)CC1. The van der Waals surface area contributed by atoms with Crippen molar-refractivity contribution in [2.45, 2.75) is 77.8 Å². The van der Waals surface area contributed by atoms with Gasteiger partial charge in [0.2, 0.25) is 0 Å². The van der Waals surface area contributed by atoms with Crippen LogP contribution in [-0.2, 0) is 0 Å². The summed E-state index contributed by atoms with van der Waals surface area (Å²) in [6.07, 6.45) is 6.78. The summed E-state index contributed by atoms with van der Waals surface area (Å²) in [5.74, 6) is 0.812. The van der Waals surface area contributed by atoms with Crippen molar-refractivity contribution in [1.29, 1.82) is 0 Å². The summed E-state index contributed by atoms with van der Waals surface area (Å²) in [5, 5.41) is 12.9. The molecule has 19 heavy (non-hydrogen) atoms. The van der Waals surface area contributed by atoms with Gasteiger partial charge < -0.3 is 16.2 Å². The minimum atomic E-state index is 0.109. The first kappa shape index (κ1) is 16.9. The highest BCUT2D eigenvalue weighted by Gasteiger charge is 2.38. The highest BCUT2D eigenvalue weighted by Crippen LogP contribution is 2.41. The molecule has 0 aromatic heterocycles. The van der Waals surface area contributed by atoms with E-state index in [4.69, 9.17) is 10.8 Å². The number of nitrogens with two attached hydrogens (primary N) is 1. The highest BCUT2D eigenvalue weighted by atomic mass is 16.3. The predicted octanol–water partition coefficient (Wildman–Crippen LogP) is 2.67. The summed E-state index contributed by atoms with van der Waals surface area (Å²) < 4.78 is 0. The topological polar surface area (TPSA) is 58.3 Å². The monoisotopic (exact) mass is 270 g/mol. The van der Waals surface area contributed by atoms with E-state index in [1.54, 1.807) is 0 Å². The summed E-state index contributed by atoms with van der Waals surface area (Å²) >= 11 is 0. The number of hydrogen-bond acceptors (Lipinski definition) is 3. The van der Waals surface area contributed by atoms with E-state index in [1.807, 2.05) is 0 Å². The number of nitrogens with one attached hydrogen (secondary N) is 1. The van der Waals surface area contributed by atoms with Crippen LogP contribution < -0.4 is 11.1 Å². The van der Waals surface area contributed by atoms with Crippen LogP contribution in [0.4, 0.5) is 0 Å². The highest BCUT2D eigenvalue weighted by molar-refractivity contribution is 4.97. The average molecular weight is 270 g/mol. The lowest BCUT2D eigenvalue weighted by Gasteiger charge is -2.45. The zero-order chi connectivity index (χ0) is 14.5. The zero-order valence-corrected chi connectivity index (χ0v) is 13.3. The molecule has 0 aromatic rings. The minimum Gasteiger partial charge on any atom is -0.396 e. The molecule has 0 aliphatic heterocycles. The molecule has 0 radical (unpaired) electrons. The molecule has 0 heterocycles. The number of hydrogen-bond donors (Lipinski definition) is 3. The predicted molar refractivity (Wildman–Crippen MR) is 82.1 cm³/mol. The Morgan fingerprint density at radius 1 is 1.32 bits per heavy atom. The molecule has 0 spiro atoms. The van der Waals surface area contributed by atoms with E-state index in [0.29, 0.717) is 18.0 Å². The molecule has 1 aliphatic rings. The van der Waals surface area contributed by atoms with Crippen molar-refractivity contribution in [3.05, 3.63) is 0 Å². The first-order valence-corrected chi connectivity index (χ1v) is 7.95. The third-order valence-electron chi connectivity index (χ3n) is 5.04. The molecule has 3 nitrogen and oxygen atoms in total. The Labute approximate surface area is 119 Å². The molecule has 114 valence electrons. The van der Waals surface area contributed by atoms with Crippen molar-refractivity contribution in [2.75, 3.05) is 13.2 Å². The van der Waals surface area contributed by atoms with Crippen LogP contribution in [0.5, 0.6) is 0 Å². The molecule has 0 amide bonds. The lowest BCUT2D eigenvalue weighted by Crippen LogP contribution is -2.57. The second-order valence-corrected chi connectivity index (χ2v) is 7.39. The molecule has 1 fully saturated rings. The summed E-state index contributed by atoms with van der Waals surface area (Å²) in [4.78, 5) is 0. The standard InChI is InChI=1S/C16H34N2O/c1-5-14(8-11-19)18-16(12-17)9-6-13(7-10-16)15(2,3)4/h13-14,18-19H,5-12,17H2,1-4H3. The van der Waals surface area contributed by atoms with Gasteiger partial charge in [-0.05, 0) is 49.9 Å². The maximum Gasteiger partial charge on any atom is 0.0445 e. The van der Waals surface area contributed by atoms with Gasteiger partial charge in [0.15, 0.2) is 0 Å². The van der Waals surface area contributed by atoms with Crippen LogP contribution in [0.3, 0.4) is 0 Å². The Bertz CT molecular complexity index is 252. The van der Waals surface area contributed by atoms with E-state index in [0.717, 1.165) is 18.8 Å². The maximum absolute atomic E-state index is 9.13. The van der Waals surface area contributed by atoms with Crippen molar-refractivity contribution in [3.8, 4) is 0 Å². The lowest BCUT2D eigenvalue weighted by molar-refractivity contribution is 0.105. The van der Waals surface area contributed by atoms with Crippen LogP contribution in [0.15, 0.2) is 0 Å². The van der Waals surface area contributed by atoms with Crippen LogP contribution >= 0.6 is 0 Å². The van der Waals surface area contributed by atoms with Crippen LogP contribution in [0.2, 0.25) is 0 Å². The zero-order valence-electron chi connectivity index (χ0n) is 13.3. The smallest absolute Gasteiger partial charge is 0.0445 e. The molecule has 0 saturated heterocycles. The summed E-state index contributed by atoms with van der Waals surface area (Å²) in [7, 11) is 0. The second-order valence-electron chi connectivity index (χ2n) is 7.39. The fourth-order valence-corrected chi connectivity index (χ4v) is 3.41. The average Bonchev–Trinajstić information content (AvgIpc) is 2.37.